The second kappa shape index (κ2) is 6.08. The Morgan fingerprint density at radius 1 is 1.09 bits per heavy atom. The van der Waals surface area contributed by atoms with Gasteiger partial charge in [-0.05, 0) is 25.0 Å². The Kier molecular flexibility index (Phi) is 3.78. The summed E-state index contributed by atoms with van der Waals surface area (Å²) in [6, 6.07) is 3.90. The topological polar surface area (TPSA) is 76.1 Å². The van der Waals surface area contributed by atoms with E-state index in [1.165, 1.54) is 0 Å². The summed E-state index contributed by atoms with van der Waals surface area (Å²) < 4.78 is 6.20. The van der Waals surface area contributed by atoms with E-state index < -0.39 is 0 Å². The smallest absolute Gasteiger partial charge is 0.225 e. The first-order valence-electron chi connectivity index (χ1n) is 8.03. The van der Waals surface area contributed by atoms with E-state index in [2.05, 4.69) is 30.2 Å². The molecule has 120 valence electrons. The standard InChI is InChI=1S/C16H20N6O/c1-4-16(12-22(9-1)15-19-7-3-8-20-15)10-13(11-23-16)21-14-17-5-2-6-18-14/h2-3,5-8,13H,1,4,9-12H2,(H,17,18,21)/t13-,16-/m0/s1. The molecule has 0 bridgehead atoms. The molecule has 2 aliphatic heterocycles. The van der Waals surface area contributed by atoms with Crippen molar-refractivity contribution in [3.8, 4) is 0 Å². The highest BCUT2D eigenvalue weighted by Crippen LogP contribution is 2.36. The highest BCUT2D eigenvalue weighted by Gasteiger charge is 2.44. The van der Waals surface area contributed by atoms with E-state index in [0.717, 1.165) is 38.3 Å². The molecule has 0 aliphatic carbocycles. The minimum absolute atomic E-state index is 0.121. The summed E-state index contributed by atoms with van der Waals surface area (Å²) in [5, 5.41) is 3.37. The molecule has 0 aromatic carbocycles. The summed E-state index contributed by atoms with van der Waals surface area (Å²) in [5.74, 6) is 1.45. The second-order valence-electron chi connectivity index (χ2n) is 6.19. The molecule has 7 heteroatoms. The van der Waals surface area contributed by atoms with E-state index in [0.29, 0.717) is 12.6 Å². The molecule has 2 fully saturated rings. The third-order valence-corrected chi connectivity index (χ3v) is 4.48. The van der Waals surface area contributed by atoms with E-state index >= 15 is 0 Å². The summed E-state index contributed by atoms with van der Waals surface area (Å²) in [6.07, 6.45) is 10.2. The van der Waals surface area contributed by atoms with Gasteiger partial charge in [0.05, 0.1) is 18.2 Å². The van der Waals surface area contributed by atoms with Gasteiger partial charge < -0.3 is 15.0 Å². The van der Waals surface area contributed by atoms with Crippen LogP contribution in [-0.2, 0) is 4.74 Å². The van der Waals surface area contributed by atoms with E-state index in [4.69, 9.17) is 4.74 Å². The van der Waals surface area contributed by atoms with Gasteiger partial charge in [0, 0.05) is 44.3 Å². The summed E-state index contributed by atoms with van der Waals surface area (Å²) in [4.78, 5) is 19.4. The molecule has 23 heavy (non-hydrogen) atoms. The van der Waals surface area contributed by atoms with Crippen molar-refractivity contribution in [2.45, 2.75) is 30.9 Å². The molecule has 0 amide bonds. The lowest BCUT2D eigenvalue weighted by Gasteiger charge is -2.39. The molecule has 1 spiro atoms. The van der Waals surface area contributed by atoms with Crippen LogP contribution in [0.2, 0.25) is 0 Å². The number of hydrogen-bond donors (Lipinski definition) is 1. The van der Waals surface area contributed by atoms with Crippen LogP contribution in [0.3, 0.4) is 0 Å². The maximum absolute atomic E-state index is 6.20. The lowest BCUT2D eigenvalue weighted by atomic mass is 9.89. The first kappa shape index (κ1) is 14.3. The maximum atomic E-state index is 6.20. The van der Waals surface area contributed by atoms with E-state index in [1.54, 1.807) is 24.8 Å². The highest BCUT2D eigenvalue weighted by molar-refractivity contribution is 5.32. The van der Waals surface area contributed by atoms with E-state index in [9.17, 15) is 0 Å². The van der Waals surface area contributed by atoms with Gasteiger partial charge in [-0.2, -0.15) is 0 Å². The summed E-state index contributed by atoms with van der Waals surface area (Å²) in [5.41, 5.74) is -0.121. The van der Waals surface area contributed by atoms with Crippen LogP contribution in [-0.4, -0.2) is 51.3 Å². The fraction of sp³-hybridized carbons (Fsp3) is 0.500. The van der Waals surface area contributed by atoms with Crippen molar-refractivity contribution in [2.75, 3.05) is 29.9 Å². The molecular formula is C16H20N6O. The first-order chi connectivity index (χ1) is 11.3. The Hall–Kier alpha value is -2.28. The SMILES string of the molecule is c1cnc(N[C@@H]2CO[C@@]3(CCCN(c4ncccn4)C3)C2)nc1. The fourth-order valence-electron chi connectivity index (χ4n) is 3.50. The van der Waals surface area contributed by atoms with Crippen molar-refractivity contribution in [3.05, 3.63) is 36.9 Å². The number of anilines is 2. The molecule has 2 aromatic heterocycles. The van der Waals surface area contributed by atoms with Gasteiger partial charge in [0.1, 0.15) is 0 Å². The second-order valence-corrected chi connectivity index (χ2v) is 6.19. The Labute approximate surface area is 135 Å². The molecule has 1 N–H and O–H groups in total. The number of piperidine rings is 1. The van der Waals surface area contributed by atoms with Crippen molar-refractivity contribution in [3.63, 3.8) is 0 Å². The lowest BCUT2D eigenvalue weighted by Crippen LogP contribution is -2.48. The number of rotatable bonds is 3. The molecule has 0 unspecified atom stereocenters. The zero-order valence-corrected chi connectivity index (χ0v) is 12.9. The van der Waals surface area contributed by atoms with Crippen molar-refractivity contribution < 1.29 is 4.74 Å². The average Bonchev–Trinajstić information content (AvgIpc) is 2.98. The van der Waals surface area contributed by atoms with E-state index in [-0.39, 0.29) is 11.6 Å². The van der Waals surface area contributed by atoms with Crippen LogP contribution in [0.5, 0.6) is 0 Å². The minimum atomic E-state index is -0.121. The van der Waals surface area contributed by atoms with E-state index in [1.807, 2.05) is 12.1 Å². The van der Waals surface area contributed by atoms with Gasteiger partial charge in [0.15, 0.2) is 0 Å². The third kappa shape index (κ3) is 3.10. The molecule has 0 radical (unpaired) electrons. The fourth-order valence-corrected chi connectivity index (χ4v) is 3.50. The Morgan fingerprint density at radius 2 is 1.83 bits per heavy atom. The van der Waals surface area contributed by atoms with Gasteiger partial charge in [0.2, 0.25) is 11.9 Å². The zero-order valence-electron chi connectivity index (χ0n) is 12.9. The molecule has 2 aromatic rings. The van der Waals surface area contributed by atoms with Crippen molar-refractivity contribution in [1.29, 1.82) is 0 Å². The third-order valence-electron chi connectivity index (χ3n) is 4.48. The van der Waals surface area contributed by atoms with Gasteiger partial charge in [-0.3, -0.25) is 0 Å². The summed E-state index contributed by atoms with van der Waals surface area (Å²) >= 11 is 0. The molecular weight excluding hydrogens is 292 g/mol. The number of nitrogens with one attached hydrogen (secondary N) is 1. The molecule has 4 rings (SSSR count). The molecule has 7 nitrogen and oxygen atoms in total. The van der Waals surface area contributed by atoms with Crippen LogP contribution >= 0.6 is 0 Å². The van der Waals surface area contributed by atoms with Crippen LogP contribution < -0.4 is 10.2 Å². The Bertz CT molecular complexity index is 640. The van der Waals surface area contributed by atoms with Crippen LogP contribution in [0, 0.1) is 0 Å². The van der Waals surface area contributed by atoms with Gasteiger partial charge in [0.25, 0.3) is 0 Å². The monoisotopic (exact) mass is 312 g/mol. The summed E-state index contributed by atoms with van der Waals surface area (Å²) in [6.45, 7) is 2.50. The normalized spacial score (nSPS) is 27.3. The molecule has 4 heterocycles. The largest absolute Gasteiger partial charge is 0.371 e. The predicted molar refractivity (Wildman–Crippen MR) is 86.2 cm³/mol. The van der Waals surface area contributed by atoms with Crippen LogP contribution in [0.4, 0.5) is 11.9 Å². The number of hydrogen-bond acceptors (Lipinski definition) is 7. The predicted octanol–water partition coefficient (Wildman–Crippen LogP) is 1.51. The van der Waals surface area contributed by atoms with Crippen LogP contribution in [0.15, 0.2) is 36.9 Å². The molecule has 2 saturated heterocycles. The number of nitrogens with zero attached hydrogens (tertiary/aromatic N) is 5. The van der Waals surface area contributed by atoms with Crippen molar-refractivity contribution >= 4 is 11.9 Å². The average molecular weight is 312 g/mol. The Balaban J connectivity index is 1.43. The Morgan fingerprint density at radius 3 is 2.61 bits per heavy atom. The van der Waals surface area contributed by atoms with Gasteiger partial charge in [-0.25, -0.2) is 19.9 Å². The zero-order chi connectivity index (χ0) is 15.5. The summed E-state index contributed by atoms with van der Waals surface area (Å²) in [7, 11) is 0. The quantitative estimate of drug-likeness (QED) is 0.920. The van der Waals surface area contributed by atoms with Gasteiger partial charge >= 0.3 is 0 Å². The molecule has 2 atom stereocenters. The molecule has 0 saturated carbocycles. The lowest BCUT2D eigenvalue weighted by molar-refractivity contribution is -0.00668. The minimum Gasteiger partial charge on any atom is -0.371 e. The van der Waals surface area contributed by atoms with Gasteiger partial charge in [-0.1, -0.05) is 0 Å². The van der Waals surface area contributed by atoms with Crippen molar-refractivity contribution in [2.24, 2.45) is 0 Å². The maximum Gasteiger partial charge on any atom is 0.225 e. The highest BCUT2D eigenvalue weighted by atomic mass is 16.5. The number of aromatic nitrogens is 4. The van der Waals surface area contributed by atoms with Crippen LogP contribution in [0.25, 0.3) is 0 Å². The van der Waals surface area contributed by atoms with Crippen molar-refractivity contribution in [1.82, 2.24) is 19.9 Å². The van der Waals surface area contributed by atoms with Crippen LogP contribution in [0.1, 0.15) is 19.3 Å². The number of ether oxygens (including phenoxy) is 1. The van der Waals surface area contributed by atoms with Gasteiger partial charge in [-0.15, -0.1) is 0 Å². The molecule has 2 aliphatic rings. The first-order valence-corrected chi connectivity index (χ1v) is 8.03.